The summed E-state index contributed by atoms with van der Waals surface area (Å²) >= 11 is 0. The monoisotopic (exact) mass is 114 g/mol. The Kier molecular flexibility index (Phi) is 2.23. The quantitative estimate of drug-likeness (QED) is 0.542. The highest BCUT2D eigenvalue weighted by Crippen LogP contribution is 2.16. The van der Waals surface area contributed by atoms with Crippen molar-refractivity contribution in [3.8, 4) is 0 Å². The SMILES string of the molecule is C=C(C)[C@@](C)(O)CC. The Labute approximate surface area is 51.0 Å². The van der Waals surface area contributed by atoms with Crippen molar-refractivity contribution in [1.29, 1.82) is 0 Å². The van der Waals surface area contributed by atoms with Gasteiger partial charge in [0.25, 0.3) is 0 Å². The van der Waals surface area contributed by atoms with Crippen molar-refractivity contribution in [2.45, 2.75) is 32.8 Å². The number of hydrogen-bond acceptors (Lipinski definition) is 1. The van der Waals surface area contributed by atoms with Crippen LogP contribution in [0.1, 0.15) is 27.2 Å². The highest BCUT2D eigenvalue weighted by atomic mass is 16.3. The van der Waals surface area contributed by atoms with Crippen LogP contribution in [0, 0.1) is 0 Å². The van der Waals surface area contributed by atoms with Gasteiger partial charge in [0.05, 0.1) is 5.60 Å². The van der Waals surface area contributed by atoms with Gasteiger partial charge in [-0.2, -0.15) is 0 Å². The summed E-state index contributed by atoms with van der Waals surface area (Å²) in [6, 6.07) is 0. The Bertz CT molecular complexity index is 92.6. The molecule has 0 saturated carbocycles. The van der Waals surface area contributed by atoms with Crippen LogP contribution < -0.4 is 0 Å². The zero-order valence-corrected chi connectivity index (χ0v) is 5.86. The maximum absolute atomic E-state index is 9.30. The average molecular weight is 114 g/mol. The lowest BCUT2D eigenvalue weighted by molar-refractivity contribution is 0.0951. The molecule has 8 heavy (non-hydrogen) atoms. The molecule has 0 spiro atoms. The number of hydrogen-bond donors (Lipinski definition) is 1. The lowest BCUT2D eigenvalue weighted by Crippen LogP contribution is -2.23. The second-order valence-electron chi connectivity index (χ2n) is 2.41. The summed E-state index contributed by atoms with van der Waals surface area (Å²) < 4.78 is 0. The third-order valence-electron chi connectivity index (χ3n) is 1.61. The first kappa shape index (κ1) is 7.70. The maximum atomic E-state index is 9.30. The first-order valence-corrected chi connectivity index (χ1v) is 2.89. The first-order valence-electron chi connectivity index (χ1n) is 2.89. The summed E-state index contributed by atoms with van der Waals surface area (Å²) in [5, 5.41) is 9.30. The lowest BCUT2D eigenvalue weighted by atomic mass is 9.96. The molecule has 0 aromatic carbocycles. The van der Waals surface area contributed by atoms with E-state index in [4.69, 9.17) is 0 Å². The molecule has 0 amide bonds. The molecule has 1 nitrogen and oxygen atoms in total. The van der Waals surface area contributed by atoms with Crippen molar-refractivity contribution in [2.75, 3.05) is 0 Å². The molecule has 1 N–H and O–H groups in total. The normalized spacial score (nSPS) is 17.5. The van der Waals surface area contributed by atoms with Crippen LogP contribution in [-0.4, -0.2) is 10.7 Å². The van der Waals surface area contributed by atoms with Crippen molar-refractivity contribution >= 4 is 0 Å². The molecule has 0 aliphatic carbocycles. The van der Waals surface area contributed by atoms with E-state index in [0.717, 1.165) is 12.0 Å². The molecule has 0 unspecified atom stereocenters. The topological polar surface area (TPSA) is 20.2 Å². The van der Waals surface area contributed by atoms with E-state index >= 15 is 0 Å². The fraction of sp³-hybridized carbons (Fsp3) is 0.714. The van der Waals surface area contributed by atoms with Gasteiger partial charge in [-0.3, -0.25) is 0 Å². The Balaban J connectivity index is 3.91. The fourth-order valence-electron chi connectivity index (χ4n) is 0.302. The Morgan fingerprint density at radius 3 is 2.12 bits per heavy atom. The van der Waals surface area contributed by atoms with E-state index in [2.05, 4.69) is 6.58 Å². The number of aliphatic hydroxyl groups is 1. The molecule has 0 aromatic heterocycles. The minimum absolute atomic E-state index is 0.653. The zero-order valence-electron chi connectivity index (χ0n) is 5.86. The van der Waals surface area contributed by atoms with Crippen LogP contribution in [0.3, 0.4) is 0 Å². The van der Waals surface area contributed by atoms with Crippen LogP contribution in [0.5, 0.6) is 0 Å². The Morgan fingerprint density at radius 2 is 2.12 bits per heavy atom. The summed E-state index contributed by atoms with van der Waals surface area (Å²) in [4.78, 5) is 0. The van der Waals surface area contributed by atoms with E-state index in [1.165, 1.54) is 0 Å². The lowest BCUT2D eigenvalue weighted by Gasteiger charge is -2.20. The highest BCUT2D eigenvalue weighted by Gasteiger charge is 2.16. The van der Waals surface area contributed by atoms with Crippen LogP contribution in [-0.2, 0) is 0 Å². The third-order valence-corrected chi connectivity index (χ3v) is 1.61. The third kappa shape index (κ3) is 1.66. The van der Waals surface area contributed by atoms with E-state index in [0.29, 0.717) is 0 Å². The molecule has 0 radical (unpaired) electrons. The van der Waals surface area contributed by atoms with E-state index in [9.17, 15) is 5.11 Å². The van der Waals surface area contributed by atoms with Gasteiger partial charge in [0.15, 0.2) is 0 Å². The van der Waals surface area contributed by atoms with Gasteiger partial charge in [-0.25, -0.2) is 0 Å². The Hall–Kier alpha value is -0.300. The second kappa shape index (κ2) is 2.31. The van der Waals surface area contributed by atoms with Gasteiger partial charge in [-0.15, -0.1) is 0 Å². The van der Waals surface area contributed by atoms with Crippen molar-refractivity contribution in [2.24, 2.45) is 0 Å². The van der Waals surface area contributed by atoms with Crippen molar-refractivity contribution in [3.63, 3.8) is 0 Å². The summed E-state index contributed by atoms with van der Waals surface area (Å²) in [6.07, 6.45) is 0.738. The summed E-state index contributed by atoms with van der Waals surface area (Å²) in [6.45, 7) is 9.20. The second-order valence-corrected chi connectivity index (χ2v) is 2.41. The van der Waals surface area contributed by atoms with Crippen LogP contribution >= 0.6 is 0 Å². The van der Waals surface area contributed by atoms with Gasteiger partial charge in [0.1, 0.15) is 0 Å². The molecular weight excluding hydrogens is 100 g/mol. The molecule has 1 atom stereocenters. The summed E-state index contributed by atoms with van der Waals surface area (Å²) in [5.41, 5.74) is 0.181. The molecule has 0 rings (SSSR count). The molecule has 0 aliphatic rings. The van der Waals surface area contributed by atoms with Gasteiger partial charge < -0.3 is 5.11 Å². The minimum atomic E-state index is -0.653. The van der Waals surface area contributed by atoms with Crippen molar-refractivity contribution in [1.82, 2.24) is 0 Å². The molecule has 1 heteroatoms. The fourth-order valence-corrected chi connectivity index (χ4v) is 0.302. The van der Waals surface area contributed by atoms with Gasteiger partial charge in [-0.1, -0.05) is 13.5 Å². The van der Waals surface area contributed by atoms with Crippen molar-refractivity contribution < 1.29 is 5.11 Å². The first-order chi connectivity index (χ1) is 3.50. The largest absolute Gasteiger partial charge is 0.386 e. The standard InChI is InChI=1S/C7H14O/c1-5-7(4,8)6(2)3/h8H,2,5H2,1,3-4H3/t7-/m0/s1. The maximum Gasteiger partial charge on any atom is 0.0820 e. The van der Waals surface area contributed by atoms with Crippen molar-refractivity contribution in [3.05, 3.63) is 12.2 Å². The minimum Gasteiger partial charge on any atom is -0.386 e. The molecule has 0 saturated heterocycles. The number of rotatable bonds is 2. The van der Waals surface area contributed by atoms with Gasteiger partial charge in [-0.05, 0) is 25.8 Å². The smallest absolute Gasteiger partial charge is 0.0820 e. The molecule has 0 fully saturated rings. The summed E-state index contributed by atoms with van der Waals surface area (Å²) in [7, 11) is 0. The molecule has 0 bridgehead atoms. The molecule has 0 heterocycles. The summed E-state index contributed by atoms with van der Waals surface area (Å²) in [5.74, 6) is 0. The average Bonchev–Trinajstić information content (AvgIpc) is 1.67. The van der Waals surface area contributed by atoms with Gasteiger partial charge in [0.2, 0.25) is 0 Å². The highest BCUT2D eigenvalue weighted by molar-refractivity contribution is 5.05. The van der Waals surface area contributed by atoms with Crippen LogP contribution in [0.4, 0.5) is 0 Å². The van der Waals surface area contributed by atoms with Gasteiger partial charge in [0, 0.05) is 0 Å². The molecular formula is C7H14O. The van der Waals surface area contributed by atoms with Crippen LogP contribution in [0.25, 0.3) is 0 Å². The molecule has 48 valence electrons. The predicted molar refractivity (Wildman–Crippen MR) is 35.7 cm³/mol. The predicted octanol–water partition coefficient (Wildman–Crippen LogP) is 1.72. The van der Waals surface area contributed by atoms with Gasteiger partial charge >= 0.3 is 0 Å². The zero-order chi connectivity index (χ0) is 6.78. The molecule has 0 aromatic rings. The van der Waals surface area contributed by atoms with E-state index < -0.39 is 5.60 Å². The van der Waals surface area contributed by atoms with E-state index in [-0.39, 0.29) is 0 Å². The Morgan fingerprint density at radius 1 is 1.75 bits per heavy atom. The van der Waals surface area contributed by atoms with E-state index in [1.54, 1.807) is 6.92 Å². The van der Waals surface area contributed by atoms with E-state index in [1.807, 2.05) is 13.8 Å². The van der Waals surface area contributed by atoms with Crippen LogP contribution in [0.15, 0.2) is 12.2 Å². The molecule has 0 aliphatic heterocycles. The van der Waals surface area contributed by atoms with Crippen LogP contribution in [0.2, 0.25) is 0 Å².